The number of hydrogen-bond acceptors (Lipinski definition) is 6. The van der Waals surface area contributed by atoms with Crippen molar-refractivity contribution in [2.24, 2.45) is 12.0 Å². The van der Waals surface area contributed by atoms with E-state index in [0.717, 1.165) is 31.1 Å². The molecule has 0 aliphatic carbocycles. The molecule has 2 aliphatic heterocycles. The molecule has 3 heterocycles. The number of guanidine groups is 1. The second kappa shape index (κ2) is 9.24. The molecule has 1 unspecified atom stereocenters. The van der Waals surface area contributed by atoms with Gasteiger partial charge in [-0.3, -0.25) is 0 Å². The summed E-state index contributed by atoms with van der Waals surface area (Å²) >= 11 is 0. The van der Waals surface area contributed by atoms with E-state index in [4.69, 9.17) is 9.73 Å². The summed E-state index contributed by atoms with van der Waals surface area (Å²) in [6.07, 6.45) is 2.28. The number of nitrogens with one attached hydrogen (secondary N) is 1. The fourth-order valence-corrected chi connectivity index (χ4v) is 4.70. The van der Waals surface area contributed by atoms with Crippen LogP contribution < -0.4 is 5.32 Å². The molecule has 1 N–H and O–H groups in total. The van der Waals surface area contributed by atoms with Gasteiger partial charge in [0.1, 0.15) is 12.4 Å². The fraction of sp³-hybridized carbons (Fsp3) is 0.824. The van der Waals surface area contributed by atoms with Crippen molar-refractivity contribution >= 4 is 39.8 Å². The highest BCUT2D eigenvalue weighted by Gasteiger charge is 2.41. The summed E-state index contributed by atoms with van der Waals surface area (Å²) in [6.45, 7) is 8.14. The smallest absolute Gasteiger partial charge is 0.194 e. The zero-order valence-electron chi connectivity index (χ0n) is 17.0. The molecule has 0 spiro atoms. The van der Waals surface area contributed by atoms with Crippen molar-refractivity contribution in [3.8, 4) is 0 Å². The Morgan fingerprint density at radius 3 is 2.71 bits per heavy atom. The molecule has 0 amide bonds. The normalized spacial score (nSPS) is 24.1. The number of sulfone groups is 1. The van der Waals surface area contributed by atoms with E-state index in [0.29, 0.717) is 32.1 Å². The molecule has 11 heteroatoms. The van der Waals surface area contributed by atoms with E-state index >= 15 is 0 Å². The fourth-order valence-electron chi connectivity index (χ4n) is 3.34. The monoisotopic (exact) mass is 526 g/mol. The summed E-state index contributed by atoms with van der Waals surface area (Å²) in [5.74, 6) is 2.44. The molecular weight excluding hydrogens is 495 g/mol. The van der Waals surface area contributed by atoms with Crippen LogP contribution in [0.2, 0.25) is 0 Å². The number of hydrogen-bond donors (Lipinski definition) is 1. The van der Waals surface area contributed by atoms with Crippen LogP contribution in [0.4, 0.5) is 0 Å². The molecule has 28 heavy (non-hydrogen) atoms. The van der Waals surface area contributed by atoms with Crippen molar-refractivity contribution in [3.05, 3.63) is 11.6 Å². The molecule has 0 aromatic carbocycles. The zero-order valence-corrected chi connectivity index (χ0v) is 20.2. The maximum Gasteiger partial charge on any atom is 0.194 e. The SMILES string of the molecule is Cc1nnc(CN=C(NCC2CCCO2)N2CCS(=O)(=O)C(C)(C)C2)n1C.I. The van der Waals surface area contributed by atoms with Crippen LogP contribution in [-0.4, -0.2) is 76.9 Å². The molecule has 2 fully saturated rings. The lowest BCUT2D eigenvalue weighted by Crippen LogP contribution is -2.57. The van der Waals surface area contributed by atoms with E-state index < -0.39 is 14.6 Å². The number of aromatic nitrogens is 3. The molecule has 160 valence electrons. The maximum atomic E-state index is 12.3. The minimum absolute atomic E-state index is 0. The van der Waals surface area contributed by atoms with Crippen molar-refractivity contribution in [1.29, 1.82) is 0 Å². The van der Waals surface area contributed by atoms with Gasteiger partial charge in [0.15, 0.2) is 21.6 Å². The third-order valence-corrected chi connectivity index (χ3v) is 7.94. The Labute approximate surface area is 184 Å². The summed E-state index contributed by atoms with van der Waals surface area (Å²) in [7, 11) is -1.19. The van der Waals surface area contributed by atoms with Gasteiger partial charge in [0.25, 0.3) is 0 Å². The van der Waals surface area contributed by atoms with Crippen LogP contribution in [0.3, 0.4) is 0 Å². The maximum absolute atomic E-state index is 12.3. The predicted molar refractivity (Wildman–Crippen MR) is 119 cm³/mol. The number of rotatable bonds is 4. The van der Waals surface area contributed by atoms with Crippen molar-refractivity contribution in [3.63, 3.8) is 0 Å². The van der Waals surface area contributed by atoms with Crippen LogP contribution in [0, 0.1) is 6.92 Å². The first-order valence-corrected chi connectivity index (χ1v) is 11.1. The van der Waals surface area contributed by atoms with E-state index in [1.54, 1.807) is 13.8 Å². The van der Waals surface area contributed by atoms with Crippen LogP contribution in [0.5, 0.6) is 0 Å². The lowest BCUT2D eigenvalue weighted by molar-refractivity contribution is 0.113. The van der Waals surface area contributed by atoms with Gasteiger partial charge in [-0.15, -0.1) is 34.2 Å². The molecular formula is C17H31IN6O3S. The summed E-state index contributed by atoms with van der Waals surface area (Å²) in [5.41, 5.74) is 0. The van der Waals surface area contributed by atoms with Gasteiger partial charge in [0, 0.05) is 33.3 Å². The zero-order chi connectivity index (χ0) is 19.7. The van der Waals surface area contributed by atoms with Gasteiger partial charge >= 0.3 is 0 Å². The second-order valence-electron chi connectivity index (χ2n) is 7.88. The van der Waals surface area contributed by atoms with Gasteiger partial charge in [-0.05, 0) is 33.6 Å². The van der Waals surface area contributed by atoms with Crippen LogP contribution in [0.15, 0.2) is 4.99 Å². The number of aliphatic imine (C=N–C) groups is 1. The summed E-state index contributed by atoms with van der Waals surface area (Å²) in [5, 5.41) is 11.6. The van der Waals surface area contributed by atoms with Gasteiger partial charge in [-0.1, -0.05) is 0 Å². The van der Waals surface area contributed by atoms with Crippen LogP contribution in [0.25, 0.3) is 0 Å². The molecule has 0 bridgehead atoms. The molecule has 2 aliphatic rings. The molecule has 1 atom stereocenters. The molecule has 2 saturated heterocycles. The topological polar surface area (TPSA) is 102 Å². The average molecular weight is 526 g/mol. The molecule has 0 radical (unpaired) electrons. The van der Waals surface area contributed by atoms with Crippen molar-refractivity contribution < 1.29 is 13.2 Å². The van der Waals surface area contributed by atoms with E-state index in [2.05, 4.69) is 15.5 Å². The van der Waals surface area contributed by atoms with E-state index in [1.165, 1.54) is 0 Å². The predicted octanol–water partition coefficient (Wildman–Crippen LogP) is 0.875. The lowest BCUT2D eigenvalue weighted by Gasteiger charge is -2.39. The Kier molecular flexibility index (Phi) is 7.70. The average Bonchev–Trinajstić information content (AvgIpc) is 3.22. The van der Waals surface area contributed by atoms with Crippen LogP contribution >= 0.6 is 24.0 Å². The van der Waals surface area contributed by atoms with Gasteiger partial charge in [-0.2, -0.15) is 0 Å². The summed E-state index contributed by atoms with van der Waals surface area (Å²) in [4.78, 5) is 6.75. The number of aryl methyl sites for hydroxylation is 1. The summed E-state index contributed by atoms with van der Waals surface area (Å²) in [6, 6.07) is 0. The molecule has 9 nitrogen and oxygen atoms in total. The van der Waals surface area contributed by atoms with Gasteiger partial charge in [-0.25, -0.2) is 13.4 Å². The molecule has 1 aromatic heterocycles. The van der Waals surface area contributed by atoms with E-state index in [-0.39, 0.29) is 35.8 Å². The Morgan fingerprint density at radius 1 is 1.39 bits per heavy atom. The summed E-state index contributed by atoms with van der Waals surface area (Å²) < 4.78 is 31.5. The number of nitrogens with zero attached hydrogens (tertiary/aromatic N) is 5. The van der Waals surface area contributed by atoms with Gasteiger partial charge in [0.05, 0.1) is 16.6 Å². The van der Waals surface area contributed by atoms with Gasteiger partial charge < -0.3 is 19.5 Å². The lowest BCUT2D eigenvalue weighted by atomic mass is 10.2. The molecule has 0 saturated carbocycles. The Hall–Kier alpha value is -0.950. The van der Waals surface area contributed by atoms with Crippen molar-refractivity contribution in [1.82, 2.24) is 25.0 Å². The molecule has 1 aromatic rings. The highest BCUT2D eigenvalue weighted by Crippen LogP contribution is 2.24. The quantitative estimate of drug-likeness (QED) is 0.353. The third kappa shape index (κ3) is 5.15. The van der Waals surface area contributed by atoms with Gasteiger partial charge in [0.2, 0.25) is 0 Å². The Balaban J connectivity index is 0.00000280. The van der Waals surface area contributed by atoms with Crippen LogP contribution in [-0.2, 0) is 28.2 Å². The van der Waals surface area contributed by atoms with Crippen molar-refractivity contribution in [2.75, 3.05) is 32.0 Å². The number of ether oxygens (including phenoxy) is 1. The van der Waals surface area contributed by atoms with Crippen LogP contribution in [0.1, 0.15) is 38.3 Å². The minimum Gasteiger partial charge on any atom is -0.376 e. The minimum atomic E-state index is -3.10. The largest absolute Gasteiger partial charge is 0.376 e. The standard InChI is InChI=1S/C17H30N6O3S.HI/c1-13-20-21-15(22(13)4)11-19-16(18-10-14-6-5-8-26-14)23-7-9-27(24,25)17(2,3)12-23;/h14H,5-12H2,1-4H3,(H,18,19);1H. The second-order valence-corrected chi connectivity index (χ2v) is 10.6. The first-order chi connectivity index (χ1) is 12.7. The van der Waals surface area contributed by atoms with E-state index in [9.17, 15) is 8.42 Å². The Morgan fingerprint density at radius 2 is 2.14 bits per heavy atom. The first-order valence-electron chi connectivity index (χ1n) is 9.42. The Bertz CT molecular complexity index is 802. The van der Waals surface area contributed by atoms with E-state index in [1.807, 2.05) is 23.4 Å². The number of halogens is 1. The molecule has 3 rings (SSSR count). The third-order valence-electron chi connectivity index (χ3n) is 5.41. The highest BCUT2D eigenvalue weighted by molar-refractivity contribution is 14.0. The highest BCUT2D eigenvalue weighted by atomic mass is 127. The first kappa shape index (κ1) is 23.3. The van der Waals surface area contributed by atoms with Crippen molar-refractivity contribution in [2.45, 2.75) is 51.0 Å².